The molecule has 2 unspecified atom stereocenters. The van der Waals surface area contributed by atoms with Crippen LogP contribution in [0.1, 0.15) is 25.8 Å². The van der Waals surface area contributed by atoms with Crippen molar-refractivity contribution in [2.24, 2.45) is 5.73 Å². The molecule has 3 nitrogen and oxygen atoms in total. The summed E-state index contributed by atoms with van der Waals surface area (Å²) in [6.07, 6.45) is 2.15. The van der Waals surface area contributed by atoms with Crippen LogP contribution in [0.2, 0.25) is 0 Å². The highest BCUT2D eigenvalue weighted by Gasteiger charge is 2.22. The Morgan fingerprint density at radius 2 is 2.15 bits per heavy atom. The lowest BCUT2D eigenvalue weighted by atomic mass is 10.0. The van der Waals surface area contributed by atoms with E-state index in [9.17, 15) is 0 Å². The van der Waals surface area contributed by atoms with E-state index in [4.69, 9.17) is 5.73 Å². The molecule has 1 aromatic carbocycles. The van der Waals surface area contributed by atoms with Gasteiger partial charge in [-0.1, -0.05) is 22.0 Å². The molecule has 0 radical (unpaired) electrons. The number of nitrogens with zero attached hydrogens (tertiary/aromatic N) is 2. The zero-order chi connectivity index (χ0) is 14.7. The molecular weight excluding hydrogens is 314 g/mol. The van der Waals surface area contributed by atoms with Crippen LogP contribution in [0.25, 0.3) is 0 Å². The highest BCUT2D eigenvalue weighted by atomic mass is 79.9. The normalized spacial score (nSPS) is 22.6. The molecule has 20 heavy (non-hydrogen) atoms. The van der Waals surface area contributed by atoms with Crippen LogP contribution in [0, 0.1) is 0 Å². The van der Waals surface area contributed by atoms with Crippen LogP contribution in [0.15, 0.2) is 22.7 Å². The molecule has 0 bridgehead atoms. The van der Waals surface area contributed by atoms with Gasteiger partial charge in [-0.05, 0) is 58.0 Å². The van der Waals surface area contributed by atoms with Crippen LogP contribution >= 0.6 is 15.9 Å². The van der Waals surface area contributed by atoms with E-state index in [-0.39, 0.29) is 6.04 Å². The van der Waals surface area contributed by atoms with Crippen molar-refractivity contribution >= 4 is 21.6 Å². The monoisotopic (exact) mass is 339 g/mol. The SMILES string of the molecule is CC(N)Cc1ccc(Br)cc1N1CCCN(C)CC1C. The number of hydrogen-bond donors (Lipinski definition) is 1. The van der Waals surface area contributed by atoms with Gasteiger partial charge in [0.25, 0.3) is 0 Å². The van der Waals surface area contributed by atoms with Gasteiger partial charge in [-0.2, -0.15) is 0 Å². The minimum Gasteiger partial charge on any atom is -0.367 e. The molecule has 2 N–H and O–H groups in total. The van der Waals surface area contributed by atoms with Gasteiger partial charge in [-0.15, -0.1) is 0 Å². The summed E-state index contributed by atoms with van der Waals surface area (Å²) in [6, 6.07) is 7.31. The fourth-order valence-electron chi connectivity index (χ4n) is 3.05. The van der Waals surface area contributed by atoms with Crippen molar-refractivity contribution in [2.75, 3.05) is 31.6 Å². The highest BCUT2D eigenvalue weighted by molar-refractivity contribution is 9.10. The summed E-state index contributed by atoms with van der Waals surface area (Å²) in [5, 5.41) is 0. The van der Waals surface area contributed by atoms with Crippen molar-refractivity contribution in [1.29, 1.82) is 0 Å². The number of halogens is 1. The van der Waals surface area contributed by atoms with Gasteiger partial charge in [0.2, 0.25) is 0 Å². The van der Waals surface area contributed by atoms with Gasteiger partial charge in [0.15, 0.2) is 0 Å². The molecule has 1 aliphatic rings. The number of rotatable bonds is 3. The number of nitrogens with two attached hydrogens (primary N) is 1. The van der Waals surface area contributed by atoms with Crippen molar-refractivity contribution in [3.8, 4) is 0 Å². The molecule has 2 rings (SSSR count). The molecule has 2 atom stereocenters. The molecule has 112 valence electrons. The summed E-state index contributed by atoms with van der Waals surface area (Å²) in [6.45, 7) is 7.80. The van der Waals surface area contributed by atoms with Crippen LogP contribution in [-0.2, 0) is 6.42 Å². The summed E-state index contributed by atoms with van der Waals surface area (Å²) in [7, 11) is 2.21. The third-order valence-electron chi connectivity index (χ3n) is 3.95. The van der Waals surface area contributed by atoms with Crippen LogP contribution < -0.4 is 10.6 Å². The maximum absolute atomic E-state index is 6.01. The molecule has 0 aromatic heterocycles. The van der Waals surface area contributed by atoms with E-state index >= 15 is 0 Å². The van der Waals surface area contributed by atoms with E-state index in [0.29, 0.717) is 6.04 Å². The van der Waals surface area contributed by atoms with E-state index in [0.717, 1.165) is 24.0 Å². The minimum atomic E-state index is 0.194. The van der Waals surface area contributed by atoms with E-state index in [1.807, 2.05) is 0 Å². The molecule has 0 saturated carbocycles. The first-order valence-corrected chi connectivity index (χ1v) is 8.26. The standard InChI is InChI=1S/C16H26BrN3/c1-12(18)9-14-5-6-15(17)10-16(14)20-8-4-7-19(3)11-13(20)2/h5-6,10,12-13H,4,7-9,11,18H2,1-3H3. The van der Waals surface area contributed by atoms with E-state index in [2.05, 4.69) is 64.8 Å². The van der Waals surface area contributed by atoms with Gasteiger partial charge >= 0.3 is 0 Å². The molecule has 0 amide bonds. The van der Waals surface area contributed by atoms with Crippen molar-refractivity contribution in [3.63, 3.8) is 0 Å². The molecule has 1 heterocycles. The predicted molar refractivity (Wildman–Crippen MR) is 90.4 cm³/mol. The maximum Gasteiger partial charge on any atom is 0.0413 e. The number of anilines is 1. The summed E-state index contributed by atoms with van der Waals surface area (Å²) in [5.74, 6) is 0. The third-order valence-corrected chi connectivity index (χ3v) is 4.44. The average Bonchev–Trinajstić information content (AvgIpc) is 2.52. The Labute approximate surface area is 131 Å². The minimum absolute atomic E-state index is 0.194. The van der Waals surface area contributed by atoms with Gasteiger partial charge in [0, 0.05) is 35.3 Å². The highest BCUT2D eigenvalue weighted by Crippen LogP contribution is 2.29. The first-order valence-electron chi connectivity index (χ1n) is 7.46. The number of likely N-dealkylation sites (N-methyl/N-ethyl adjacent to an activating group) is 1. The van der Waals surface area contributed by atoms with Crippen molar-refractivity contribution in [1.82, 2.24) is 4.90 Å². The Morgan fingerprint density at radius 1 is 1.40 bits per heavy atom. The molecule has 1 aromatic rings. The molecule has 0 aliphatic carbocycles. The molecule has 1 fully saturated rings. The molecule has 4 heteroatoms. The van der Waals surface area contributed by atoms with E-state index in [1.54, 1.807) is 0 Å². The molecular formula is C16H26BrN3. The fraction of sp³-hybridized carbons (Fsp3) is 0.625. The lowest BCUT2D eigenvalue weighted by molar-refractivity contribution is 0.337. The van der Waals surface area contributed by atoms with Crippen LogP contribution in [0.4, 0.5) is 5.69 Å². The van der Waals surface area contributed by atoms with E-state index < -0.39 is 0 Å². The topological polar surface area (TPSA) is 32.5 Å². The lowest BCUT2D eigenvalue weighted by Crippen LogP contribution is -2.38. The smallest absolute Gasteiger partial charge is 0.0413 e. The second kappa shape index (κ2) is 6.92. The molecule has 0 spiro atoms. The summed E-state index contributed by atoms with van der Waals surface area (Å²) in [5.41, 5.74) is 8.72. The largest absolute Gasteiger partial charge is 0.367 e. The third kappa shape index (κ3) is 3.96. The van der Waals surface area contributed by atoms with Crippen LogP contribution in [0.3, 0.4) is 0 Å². The van der Waals surface area contributed by atoms with Crippen molar-refractivity contribution in [3.05, 3.63) is 28.2 Å². The average molecular weight is 340 g/mol. The lowest BCUT2D eigenvalue weighted by Gasteiger charge is -2.32. The first kappa shape index (κ1) is 15.8. The quantitative estimate of drug-likeness (QED) is 0.918. The van der Waals surface area contributed by atoms with Gasteiger partial charge < -0.3 is 15.5 Å². The van der Waals surface area contributed by atoms with Crippen molar-refractivity contribution in [2.45, 2.75) is 38.8 Å². The van der Waals surface area contributed by atoms with Crippen LogP contribution in [-0.4, -0.2) is 43.7 Å². The van der Waals surface area contributed by atoms with Gasteiger partial charge in [0.1, 0.15) is 0 Å². The Balaban J connectivity index is 2.31. The molecule has 1 saturated heterocycles. The zero-order valence-corrected chi connectivity index (χ0v) is 14.4. The summed E-state index contributed by atoms with van der Waals surface area (Å²) < 4.78 is 1.14. The van der Waals surface area contributed by atoms with Gasteiger partial charge in [-0.3, -0.25) is 0 Å². The summed E-state index contributed by atoms with van der Waals surface area (Å²) >= 11 is 3.61. The summed E-state index contributed by atoms with van der Waals surface area (Å²) in [4.78, 5) is 4.97. The van der Waals surface area contributed by atoms with Gasteiger partial charge in [-0.25, -0.2) is 0 Å². The Morgan fingerprint density at radius 3 is 2.85 bits per heavy atom. The zero-order valence-electron chi connectivity index (χ0n) is 12.8. The second-order valence-electron chi connectivity index (χ2n) is 6.11. The van der Waals surface area contributed by atoms with Crippen molar-refractivity contribution < 1.29 is 0 Å². The molecule has 1 aliphatic heterocycles. The predicted octanol–water partition coefficient (Wildman–Crippen LogP) is 2.87. The number of benzene rings is 1. The Hall–Kier alpha value is -0.580. The number of hydrogen-bond acceptors (Lipinski definition) is 3. The van der Waals surface area contributed by atoms with E-state index in [1.165, 1.54) is 24.2 Å². The second-order valence-corrected chi connectivity index (χ2v) is 7.03. The fourth-order valence-corrected chi connectivity index (χ4v) is 3.40. The van der Waals surface area contributed by atoms with Crippen LogP contribution in [0.5, 0.6) is 0 Å². The first-order chi connectivity index (χ1) is 9.47. The Kier molecular flexibility index (Phi) is 5.47. The Bertz CT molecular complexity index is 447. The van der Waals surface area contributed by atoms with Gasteiger partial charge in [0.05, 0.1) is 0 Å². The maximum atomic E-state index is 6.01.